The smallest absolute Gasteiger partial charge is 0.313 e. The van der Waals surface area contributed by atoms with Gasteiger partial charge >= 0.3 is 5.97 Å². The fourth-order valence-corrected chi connectivity index (χ4v) is 4.14. The number of methoxy groups -OCH3 is 1. The zero-order chi connectivity index (χ0) is 25.9. The Morgan fingerprint density at radius 3 is 2.37 bits per heavy atom. The number of carbonyl (C=O) groups is 2. The number of esters is 1. The van der Waals surface area contributed by atoms with Crippen molar-refractivity contribution in [3.8, 4) is 11.3 Å². The van der Waals surface area contributed by atoms with Gasteiger partial charge < -0.3 is 9.84 Å². The molecule has 0 saturated heterocycles. The Bertz CT molecular complexity index is 1250. The van der Waals surface area contributed by atoms with Crippen LogP contribution in [-0.4, -0.2) is 39.7 Å². The minimum Gasteiger partial charge on any atom is -0.469 e. The minimum atomic E-state index is -1.08. The molecule has 0 saturated carbocycles. The number of hydrogen-bond acceptors (Lipinski definition) is 5. The van der Waals surface area contributed by atoms with Gasteiger partial charge in [0.2, 0.25) is 0 Å². The molecule has 0 amide bonds. The summed E-state index contributed by atoms with van der Waals surface area (Å²) in [5, 5.41) is 15.5. The van der Waals surface area contributed by atoms with Gasteiger partial charge in [-0.3, -0.25) is 9.59 Å². The van der Waals surface area contributed by atoms with Crippen LogP contribution in [0.1, 0.15) is 70.2 Å². The number of ether oxygens (including phenoxy) is 1. The molecule has 3 rings (SSSR count). The van der Waals surface area contributed by atoms with Crippen LogP contribution in [0.2, 0.25) is 0 Å². The van der Waals surface area contributed by atoms with Gasteiger partial charge in [-0.25, -0.2) is 8.91 Å². The Morgan fingerprint density at radius 2 is 1.80 bits per heavy atom. The van der Waals surface area contributed by atoms with E-state index in [4.69, 9.17) is 5.10 Å². The number of aromatic nitrogens is 2. The highest BCUT2D eigenvalue weighted by atomic mass is 19.1. The molecule has 1 atom stereocenters. The second kappa shape index (κ2) is 10.5. The van der Waals surface area contributed by atoms with E-state index >= 15 is 0 Å². The Hall–Kier alpha value is -3.32. The first-order chi connectivity index (χ1) is 16.4. The minimum absolute atomic E-state index is 0.111. The SMILES string of the molecule is COC(=O)CC(=O)CC(O)/C=C/c1c(-c2ccc(F)cc2)nn2c(C(C)(C)C)ccc2c1C(C)C. The summed E-state index contributed by atoms with van der Waals surface area (Å²) in [7, 11) is 1.21. The van der Waals surface area contributed by atoms with E-state index in [2.05, 4.69) is 45.4 Å². The number of nitrogens with zero attached hydrogens (tertiary/aromatic N) is 2. The third-order valence-electron chi connectivity index (χ3n) is 5.83. The Balaban J connectivity index is 2.16. The molecule has 1 aromatic carbocycles. The van der Waals surface area contributed by atoms with Gasteiger partial charge in [0.15, 0.2) is 0 Å². The first-order valence-electron chi connectivity index (χ1n) is 11.7. The molecule has 0 fully saturated rings. The third kappa shape index (κ3) is 6.03. The molecule has 2 aromatic heterocycles. The number of fused-ring (bicyclic) bond motifs is 1. The van der Waals surface area contributed by atoms with Crippen LogP contribution >= 0.6 is 0 Å². The predicted molar refractivity (Wildman–Crippen MR) is 135 cm³/mol. The van der Waals surface area contributed by atoms with Crippen molar-refractivity contribution < 1.29 is 23.8 Å². The molecule has 0 bridgehead atoms. The molecule has 7 heteroatoms. The maximum absolute atomic E-state index is 13.7. The number of aliphatic hydroxyl groups excluding tert-OH is 1. The van der Waals surface area contributed by atoms with Crippen molar-refractivity contribution in [1.29, 1.82) is 0 Å². The van der Waals surface area contributed by atoms with Gasteiger partial charge in [0, 0.05) is 28.7 Å². The number of aliphatic hydroxyl groups is 1. The van der Waals surface area contributed by atoms with E-state index in [0.717, 1.165) is 27.9 Å². The summed E-state index contributed by atoms with van der Waals surface area (Å²) in [6.45, 7) is 10.5. The standard InChI is InChI=1S/C28H33FN2O4/c1-17(2)26-22(12-11-20(32)15-21(33)16-25(34)35-6)27(18-7-9-19(29)10-8-18)30-31-23(26)13-14-24(31)28(3,4)5/h7-14,17,20,32H,15-16H2,1-6H3/b12-11+. The van der Waals surface area contributed by atoms with Crippen LogP contribution in [-0.2, 0) is 19.7 Å². The number of carbonyl (C=O) groups excluding carboxylic acids is 2. The third-order valence-corrected chi connectivity index (χ3v) is 5.83. The van der Waals surface area contributed by atoms with Gasteiger partial charge in [0.1, 0.15) is 18.0 Å². The first-order valence-corrected chi connectivity index (χ1v) is 11.7. The van der Waals surface area contributed by atoms with Gasteiger partial charge in [-0.05, 0) is 47.9 Å². The van der Waals surface area contributed by atoms with Crippen LogP contribution in [0.3, 0.4) is 0 Å². The van der Waals surface area contributed by atoms with Gasteiger partial charge in [-0.1, -0.05) is 46.8 Å². The number of ketones is 1. The molecular formula is C28H33FN2O4. The van der Waals surface area contributed by atoms with E-state index < -0.39 is 17.9 Å². The monoisotopic (exact) mass is 480 g/mol. The average Bonchev–Trinajstić information content (AvgIpc) is 3.21. The molecule has 0 aliphatic rings. The summed E-state index contributed by atoms with van der Waals surface area (Å²) in [5.41, 5.74) is 5.04. The zero-order valence-electron chi connectivity index (χ0n) is 21.1. The zero-order valence-corrected chi connectivity index (χ0v) is 21.1. The number of benzene rings is 1. The molecule has 35 heavy (non-hydrogen) atoms. The number of halogens is 1. The molecule has 3 aromatic rings. The summed E-state index contributed by atoms with van der Waals surface area (Å²) >= 11 is 0. The van der Waals surface area contributed by atoms with Crippen molar-refractivity contribution >= 4 is 23.3 Å². The van der Waals surface area contributed by atoms with Crippen molar-refractivity contribution in [2.24, 2.45) is 0 Å². The molecule has 2 heterocycles. The van der Waals surface area contributed by atoms with E-state index in [-0.39, 0.29) is 30.0 Å². The lowest BCUT2D eigenvalue weighted by molar-refractivity contribution is -0.143. The topological polar surface area (TPSA) is 80.9 Å². The van der Waals surface area contributed by atoms with Crippen LogP contribution in [0.15, 0.2) is 42.5 Å². The predicted octanol–water partition coefficient (Wildman–Crippen LogP) is 5.46. The normalized spacial score (nSPS) is 13.1. The van der Waals surface area contributed by atoms with Crippen molar-refractivity contribution in [3.05, 3.63) is 65.1 Å². The molecule has 1 N–H and O–H groups in total. The van der Waals surface area contributed by atoms with Gasteiger partial charge in [0.05, 0.1) is 24.4 Å². The summed E-state index contributed by atoms with van der Waals surface area (Å²) in [5.74, 6) is -1.27. The van der Waals surface area contributed by atoms with Crippen molar-refractivity contribution in [3.63, 3.8) is 0 Å². The fraction of sp³-hybridized carbons (Fsp3) is 0.393. The molecule has 0 radical (unpaired) electrons. The highest BCUT2D eigenvalue weighted by Gasteiger charge is 2.24. The fourth-order valence-electron chi connectivity index (χ4n) is 4.14. The van der Waals surface area contributed by atoms with Crippen molar-refractivity contribution in [1.82, 2.24) is 9.61 Å². The second-order valence-electron chi connectivity index (χ2n) is 10.0. The van der Waals surface area contributed by atoms with E-state index in [0.29, 0.717) is 5.69 Å². The Labute approximate surface area is 205 Å². The lowest BCUT2D eigenvalue weighted by Gasteiger charge is -2.22. The molecule has 1 unspecified atom stereocenters. The van der Waals surface area contributed by atoms with E-state index in [1.807, 2.05) is 10.6 Å². The van der Waals surface area contributed by atoms with Crippen LogP contribution < -0.4 is 0 Å². The highest BCUT2D eigenvalue weighted by molar-refractivity contribution is 5.95. The number of hydrogen-bond donors (Lipinski definition) is 1. The van der Waals surface area contributed by atoms with Gasteiger partial charge in [-0.15, -0.1) is 0 Å². The van der Waals surface area contributed by atoms with Crippen molar-refractivity contribution in [2.45, 2.75) is 64.9 Å². The maximum Gasteiger partial charge on any atom is 0.313 e. The van der Waals surface area contributed by atoms with Crippen LogP contribution in [0.25, 0.3) is 22.9 Å². The van der Waals surface area contributed by atoms with E-state index in [9.17, 15) is 19.1 Å². The van der Waals surface area contributed by atoms with E-state index in [1.165, 1.54) is 25.3 Å². The average molecular weight is 481 g/mol. The Morgan fingerprint density at radius 1 is 1.14 bits per heavy atom. The van der Waals surface area contributed by atoms with Gasteiger partial charge in [0.25, 0.3) is 0 Å². The molecule has 0 spiro atoms. The molecule has 0 aliphatic heterocycles. The van der Waals surface area contributed by atoms with Crippen LogP contribution in [0.4, 0.5) is 4.39 Å². The Kier molecular flexibility index (Phi) is 7.90. The number of rotatable bonds is 8. The lowest BCUT2D eigenvalue weighted by Crippen LogP contribution is -2.17. The quantitative estimate of drug-likeness (QED) is 0.342. The largest absolute Gasteiger partial charge is 0.469 e. The highest BCUT2D eigenvalue weighted by Crippen LogP contribution is 2.36. The molecule has 0 aliphatic carbocycles. The summed E-state index contributed by atoms with van der Waals surface area (Å²) < 4.78 is 20.2. The maximum atomic E-state index is 13.7. The van der Waals surface area contributed by atoms with Crippen LogP contribution in [0.5, 0.6) is 0 Å². The summed E-state index contributed by atoms with van der Waals surface area (Å²) in [6, 6.07) is 10.3. The van der Waals surface area contributed by atoms with Crippen LogP contribution in [0, 0.1) is 5.82 Å². The lowest BCUT2D eigenvalue weighted by atomic mass is 9.92. The second-order valence-corrected chi connectivity index (χ2v) is 10.0. The summed E-state index contributed by atoms with van der Waals surface area (Å²) in [6.07, 6.45) is 1.63. The summed E-state index contributed by atoms with van der Waals surface area (Å²) in [4.78, 5) is 23.4. The number of Topliss-reactive ketones (excluding diaryl/α,β-unsaturated/α-hetero) is 1. The molecular weight excluding hydrogens is 447 g/mol. The van der Waals surface area contributed by atoms with Crippen molar-refractivity contribution in [2.75, 3.05) is 7.11 Å². The molecule has 186 valence electrons. The van der Waals surface area contributed by atoms with E-state index in [1.54, 1.807) is 18.2 Å². The molecule has 6 nitrogen and oxygen atoms in total. The first kappa shape index (κ1) is 26.3. The van der Waals surface area contributed by atoms with Gasteiger partial charge in [-0.2, -0.15) is 5.10 Å².